The summed E-state index contributed by atoms with van der Waals surface area (Å²) in [5.41, 5.74) is -0.547. The number of benzene rings is 2. The molecule has 1 fully saturated rings. The van der Waals surface area contributed by atoms with Gasteiger partial charge < -0.3 is 30.3 Å². The Kier molecular flexibility index (Phi) is 11.3. The van der Waals surface area contributed by atoms with Gasteiger partial charge in [-0.3, -0.25) is 4.79 Å². The zero-order valence-electron chi connectivity index (χ0n) is 24.8. The predicted molar refractivity (Wildman–Crippen MR) is 159 cm³/mol. The third-order valence-corrected chi connectivity index (χ3v) is 6.28. The van der Waals surface area contributed by atoms with Crippen molar-refractivity contribution >= 4 is 29.7 Å². The Morgan fingerprint density at radius 3 is 2.35 bits per heavy atom. The van der Waals surface area contributed by atoms with Gasteiger partial charge in [0.1, 0.15) is 23.5 Å². The lowest BCUT2D eigenvalue weighted by Gasteiger charge is -2.36. The molecule has 10 nitrogen and oxygen atoms in total. The Morgan fingerprint density at radius 1 is 1.07 bits per heavy atom. The molecule has 0 aliphatic carbocycles. The van der Waals surface area contributed by atoms with Crippen LogP contribution in [0.5, 0.6) is 11.6 Å². The molecule has 3 aromatic rings. The zero-order chi connectivity index (χ0) is 31.6. The van der Waals surface area contributed by atoms with Crippen LogP contribution in [0.2, 0.25) is 0 Å². The number of piperazine rings is 1. The molecule has 13 heteroatoms. The summed E-state index contributed by atoms with van der Waals surface area (Å²) in [6.07, 6.45) is -2.04. The molecule has 1 saturated heterocycles. The number of aromatic nitrogens is 2. The molecule has 0 radical (unpaired) electrons. The van der Waals surface area contributed by atoms with Crippen molar-refractivity contribution in [2.75, 3.05) is 35.2 Å². The van der Waals surface area contributed by atoms with Crippen LogP contribution in [0.3, 0.4) is 0 Å². The summed E-state index contributed by atoms with van der Waals surface area (Å²) >= 11 is 0. The third-order valence-electron chi connectivity index (χ3n) is 6.28. The number of nitrogens with one attached hydrogen (secondary N) is 3. The summed E-state index contributed by atoms with van der Waals surface area (Å²) in [5, 5.41) is 8.40. The fourth-order valence-corrected chi connectivity index (χ4v) is 4.14. The molecule has 1 aliphatic rings. The van der Waals surface area contributed by atoms with E-state index in [0.717, 1.165) is 37.9 Å². The number of hydrogen-bond acceptors (Lipinski definition) is 8. The number of amides is 2. The summed E-state index contributed by atoms with van der Waals surface area (Å²) in [7, 11) is 0. The molecule has 0 spiro atoms. The van der Waals surface area contributed by atoms with Crippen LogP contribution in [0.25, 0.3) is 0 Å². The summed E-state index contributed by atoms with van der Waals surface area (Å²) in [4.78, 5) is 32.7. The Labute approximate surface area is 249 Å². The lowest BCUT2D eigenvalue weighted by atomic mass is 10.1. The van der Waals surface area contributed by atoms with Crippen molar-refractivity contribution in [1.82, 2.24) is 15.3 Å². The highest BCUT2D eigenvalue weighted by atomic mass is 19.4. The van der Waals surface area contributed by atoms with Crippen LogP contribution in [0.15, 0.2) is 54.9 Å². The number of hydrogen-bond donors (Lipinski definition) is 3. The molecular formula is C30H37F3N6O4. The first kappa shape index (κ1) is 33.1. The molecule has 1 atom stereocenters. The van der Waals surface area contributed by atoms with Gasteiger partial charge in [0, 0.05) is 43.1 Å². The van der Waals surface area contributed by atoms with Crippen molar-refractivity contribution in [3.05, 3.63) is 66.0 Å². The van der Waals surface area contributed by atoms with Gasteiger partial charge in [-0.15, -0.1) is 0 Å². The highest BCUT2D eigenvalue weighted by molar-refractivity contribution is 5.99. The Hall–Kier alpha value is -4.39. The fourth-order valence-electron chi connectivity index (χ4n) is 4.14. The van der Waals surface area contributed by atoms with Crippen LogP contribution in [-0.2, 0) is 15.7 Å². The van der Waals surface area contributed by atoms with Crippen LogP contribution in [0.4, 0.5) is 35.2 Å². The molecule has 4 rings (SSSR count). The molecule has 1 aromatic heterocycles. The zero-order valence-corrected chi connectivity index (χ0v) is 24.8. The molecule has 2 aromatic carbocycles. The molecule has 43 heavy (non-hydrogen) atoms. The normalized spacial score (nSPS) is 15.1. The van der Waals surface area contributed by atoms with Crippen molar-refractivity contribution in [2.45, 2.75) is 58.9 Å². The van der Waals surface area contributed by atoms with Crippen LogP contribution in [0.1, 0.15) is 45.2 Å². The van der Waals surface area contributed by atoms with Gasteiger partial charge in [-0.1, -0.05) is 13.0 Å². The molecule has 0 bridgehead atoms. The monoisotopic (exact) mass is 602 g/mol. The van der Waals surface area contributed by atoms with Gasteiger partial charge in [0.2, 0.25) is 5.88 Å². The summed E-state index contributed by atoms with van der Waals surface area (Å²) in [6.45, 7) is 12.0. The second-order valence-electron chi connectivity index (χ2n) is 10.7. The molecule has 3 N–H and O–H groups in total. The van der Waals surface area contributed by atoms with Gasteiger partial charge in [-0.2, -0.15) is 13.2 Å². The predicted octanol–water partition coefficient (Wildman–Crippen LogP) is 6.39. The molecule has 232 valence electrons. The van der Waals surface area contributed by atoms with Crippen LogP contribution in [0, 0.1) is 6.92 Å². The lowest BCUT2D eigenvalue weighted by Crippen LogP contribution is -2.51. The van der Waals surface area contributed by atoms with Crippen LogP contribution in [-0.4, -0.2) is 53.7 Å². The first-order valence-corrected chi connectivity index (χ1v) is 13.7. The highest BCUT2D eigenvalue weighted by Crippen LogP contribution is 2.33. The number of alkyl halides is 3. The second kappa shape index (κ2) is 14.7. The fraction of sp³-hybridized carbons (Fsp3) is 0.400. The van der Waals surface area contributed by atoms with E-state index in [1.54, 1.807) is 30.3 Å². The van der Waals surface area contributed by atoms with Gasteiger partial charge in [-0.05, 0) is 76.1 Å². The van der Waals surface area contributed by atoms with Crippen LogP contribution >= 0.6 is 0 Å². The van der Waals surface area contributed by atoms with E-state index in [-0.39, 0.29) is 16.9 Å². The summed E-state index contributed by atoms with van der Waals surface area (Å²) in [5.74, 6) is 1.70. The molecular weight excluding hydrogens is 565 g/mol. The number of halogens is 3. The quantitative estimate of drug-likeness (QED) is 0.267. The van der Waals surface area contributed by atoms with Gasteiger partial charge in [0.05, 0.1) is 5.56 Å². The van der Waals surface area contributed by atoms with Crippen molar-refractivity contribution in [2.24, 2.45) is 0 Å². The highest BCUT2D eigenvalue weighted by Gasteiger charge is 2.32. The number of carbonyl (C=O) groups is 2. The first-order chi connectivity index (χ1) is 20.3. The number of ether oxygens (including phenoxy) is 2. The lowest BCUT2D eigenvalue weighted by molar-refractivity contribution is -0.139. The standard InChI is InChI=1S/C25H27F3N6O2.C5H10O2/c1-3-19-14-29-10-11-34(19)22-13-23(31-15-30-22)36-20-8-6-17(7-9-20)32-24(35)33-18-5-4-16(2)21(12-18)25(26,27)28;1-5(2,3)7-4-6/h4-9,12-13,15,19,29H,3,10-11,14H2,1-2H3,(H2,32,33,35);4H,1-3H3/t19-;/m1./s1. The van der Waals surface area contributed by atoms with Gasteiger partial charge in [-0.25, -0.2) is 14.8 Å². The van der Waals surface area contributed by atoms with E-state index < -0.39 is 17.8 Å². The van der Waals surface area contributed by atoms with E-state index in [4.69, 9.17) is 4.74 Å². The smallest absolute Gasteiger partial charge is 0.416 e. The molecule has 2 amide bonds. The summed E-state index contributed by atoms with van der Waals surface area (Å²) < 4.78 is 49.7. The van der Waals surface area contributed by atoms with Crippen molar-refractivity contribution in [3.63, 3.8) is 0 Å². The Balaban J connectivity index is 0.000000646. The Bertz CT molecular complexity index is 1360. The SMILES string of the molecule is CC(C)(C)OC=O.CC[C@@H]1CNCCN1c1cc(Oc2ccc(NC(=O)Nc3ccc(C)c(C(F)(F)F)c3)cc2)ncn1. The number of anilines is 3. The average Bonchev–Trinajstić information content (AvgIpc) is 2.94. The molecule has 0 saturated carbocycles. The van der Waals surface area contributed by atoms with Gasteiger partial charge in [0.25, 0.3) is 6.47 Å². The van der Waals surface area contributed by atoms with Crippen LogP contribution < -0.4 is 25.6 Å². The van der Waals surface area contributed by atoms with Crippen molar-refractivity contribution in [1.29, 1.82) is 0 Å². The minimum absolute atomic E-state index is 0.0414. The van der Waals surface area contributed by atoms with Gasteiger partial charge >= 0.3 is 12.2 Å². The maximum absolute atomic E-state index is 13.1. The number of carbonyl (C=O) groups excluding carboxylic acids is 2. The average molecular weight is 603 g/mol. The van der Waals surface area contributed by atoms with E-state index >= 15 is 0 Å². The first-order valence-electron chi connectivity index (χ1n) is 13.7. The van der Waals surface area contributed by atoms with E-state index in [1.807, 2.05) is 20.8 Å². The molecule has 0 unspecified atom stereocenters. The number of nitrogens with zero attached hydrogens (tertiary/aromatic N) is 3. The third kappa shape index (κ3) is 10.4. The summed E-state index contributed by atoms with van der Waals surface area (Å²) in [6, 6.07) is 11.7. The number of urea groups is 1. The van der Waals surface area contributed by atoms with Crippen molar-refractivity contribution < 1.29 is 32.2 Å². The maximum atomic E-state index is 13.1. The van der Waals surface area contributed by atoms with E-state index in [2.05, 4.69) is 42.5 Å². The largest absolute Gasteiger partial charge is 0.462 e. The van der Waals surface area contributed by atoms with E-state index in [9.17, 15) is 22.8 Å². The van der Waals surface area contributed by atoms with E-state index in [1.165, 1.54) is 25.4 Å². The Morgan fingerprint density at radius 2 is 1.74 bits per heavy atom. The second-order valence-corrected chi connectivity index (χ2v) is 10.7. The molecule has 1 aliphatic heterocycles. The minimum atomic E-state index is -4.50. The topological polar surface area (TPSA) is 118 Å². The number of aryl methyl sites for hydroxylation is 1. The van der Waals surface area contributed by atoms with Crippen molar-refractivity contribution in [3.8, 4) is 11.6 Å². The maximum Gasteiger partial charge on any atom is 0.416 e. The molecule has 2 heterocycles. The van der Waals surface area contributed by atoms with E-state index in [0.29, 0.717) is 29.8 Å². The van der Waals surface area contributed by atoms with Gasteiger partial charge in [0.15, 0.2) is 0 Å². The number of rotatable bonds is 7. The minimum Gasteiger partial charge on any atom is -0.462 e.